The van der Waals surface area contributed by atoms with Crippen LogP contribution in [0.3, 0.4) is 0 Å². The molecule has 0 spiro atoms. The SMILES string of the molecule is O=C(O)C1CCCN1C(=O)C1CCS(=O)(=O)C1. The van der Waals surface area contributed by atoms with Crippen molar-refractivity contribution in [2.75, 3.05) is 18.1 Å². The Morgan fingerprint density at radius 2 is 1.94 bits per heavy atom. The first-order valence-corrected chi connectivity index (χ1v) is 7.46. The molecule has 0 bridgehead atoms. The Bertz CT molecular complexity index is 444. The van der Waals surface area contributed by atoms with Crippen LogP contribution in [0.15, 0.2) is 0 Å². The Kier molecular flexibility index (Phi) is 3.11. The summed E-state index contributed by atoms with van der Waals surface area (Å²) in [6.45, 7) is 0.423. The lowest BCUT2D eigenvalue weighted by atomic mass is 10.1. The lowest BCUT2D eigenvalue weighted by Crippen LogP contribution is -2.43. The Morgan fingerprint density at radius 3 is 2.47 bits per heavy atom. The lowest BCUT2D eigenvalue weighted by Gasteiger charge is -2.24. The molecule has 2 atom stereocenters. The minimum atomic E-state index is -3.10. The number of amides is 1. The summed E-state index contributed by atoms with van der Waals surface area (Å²) >= 11 is 0. The standard InChI is InChI=1S/C10H15NO5S/c12-9(7-3-5-17(15,16)6-7)11-4-1-2-8(11)10(13)14/h7-8H,1-6H2,(H,13,14). The molecule has 2 aliphatic heterocycles. The smallest absolute Gasteiger partial charge is 0.326 e. The molecule has 96 valence electrons. The van der Waals surface area contributed by atoms with E-state index in [-0.39, 0.29) is 17.4 Å². The number of rotatable bonds is 2. The van der Waals surface area contributed by atoms with Crippen LogP contribution in [0.1, 0.15) is 19.3 Å². The van der Waals surface area contributed by atoms with Crippen LogP contribution < -0.4 is 0 Å². The number of carboxylic acids is 1. The molecule has 1 amide bonds. The number of likely N-dealkylation sites (tertiary alicyclic amines) is 1. The topological polar surface area (TPSA) is 91.8 Å². The number of aliphatic carboxylic acids is 1. The molecule has 2 aliphatic rings. The van der Waals surface area contributed by atoms with Gasteiger partial charge in [-0.15, -0.1) is 0 Å². The molecular weight excluding hydrogens is 246 g/mol. The van der Waals surface area contributed by atoms with Gasteiger partial charge >= 0.3 is 5.97 Å². The van der Waals surface area contributed by atoms with Gasteiger partial charge in [0.1, 0.15) is 6.04 Å². The minimum absolute atomic E-state index is 0.0367. The molecule has 0 saturated carbocycles. The maximum Gasteiger partial charge on any atom is 0.326 e. The van der Waals surface area contributed by atoms with E-state index in [0.717, 1.165) is 0 Å². The van der Waals surface area contributed by atoms with Crippen LogP contribution >= 0.6 is 0 Å². The monoisotopic (exact) mass is 261 g/mol. The second-order valence-corrected chi connectivity index (χ2v) is 6.86. The van der Waals surface area contributed by atoms with Gasteiger partial charge in [0.05, 0.1) is 17.4 Å². The lowest BCUT2D eigenvalue weighted by molar-refractivity contribution is -0.149. The molecule has 0 aliphatic carbocycles. The van der Waals surface area contributed by atoms with Crippen LogP contribution in [-0.2, 0) is 19.4 Å². The van der Waals surface area contributed by atoms with Crippen molar-refractivity contribution in [1.29, 1.82) is 0 Å². The first kappa shape index (κ1) is 12.3. The summed E-state index contributed by atoms with van der Waals surface area (Å²) in [7, 11) is -3.10. The molecule has 6 nitrogen and oxygen atoms in total. The zero-order valence-corrected chi connectivity index (χ0v) is 10.1. The highest BCUT2D eigenvalue weighted by atomic mass is 32.2. The normalized spacial score (nSPS) is 31.6. The van der Waals surface area contributed by atoms with E-state index in [4.69, 9.17) is 5.11 Å². The Balaban J connectivity index is 2.08. The third kappa shape index (κ3) is 2.43. The molecule has 2 saturated heterocycles. The molecule has 0 aromatic heterocycles. The molecule has 7 heteroatoms. The molecule has 1 N–H and O–H groups in total. The molecule has 0 radical (unpaired) electrons. The number of carbonyl (C=O) groups excluding carboxylic acids is 1. The molecule has 2 unspecified atom stereocenters. The third-order valence-electron chi connectivity index (χ3n) is 3.40. The van der Waals surface area contributed by atoms with Crippen LogP contribution in [0, 0.1) is 5.92 Å². The summed E-state index contributed by atoms with van der Waals surface area (Å²) in [5, 5.41) is 8.97. The van der Waals surface area contributed by atoms with Gasteiger partial charge in [-0.3, -0.25) is 4.79 Å². The quantitative estimate of drug-likeness (QED) is 0.723. The maximum atomic E-state index is 12.0. The van der Waals surface area contributed by atoms with Crippen LogP contribution in [0.2, 0.25) is 0 Å². The molecule has 2 rings (SSSR count). The van der Waals surface area contributed by atoms with Crippen molar-refractivity contribution >= 4 is 21.7 Å². The highest BCUT2D eigenvalue weighted by molar-refractivity contribution is 7.91. The first-order valence-electron chi connectivity index (χ1n) is 5.64. The molecule has 0 aromatic carbocycles. The Morgan fingerprint density at radius 1 is 1.24 bits per heavy atom. The highest BCUT2D eigenvalue weighted by Crippen LogP contribution is 2.25. The Hall–Kier alpha value is -1.11. The number of sulfone groups is 1. The number of nitrogens with zero attached hydrogens (tertiary/aromatic N) is 1. The number of hydrogen-bond donors (Lipinski definition) is 1. The summed E-state index contributed by atoms with van der Waals surface area (Å²) in [4.78, 5) is 24.3. The fraction of sp³-hybridized carbons (Fsp3) is 0.800. The van der Waals surface area contributed by atoms with Crippen LogP contribution in [0.5, 0.6) is 0 Å². The van der Waals surface area contributed by atoms with Gasteiger partial charge in [-0.2, -0.15) is 0 Å². The molecule has 0 aromatic rings. The van der Waals surface area contributed by atoms with Crippen LogP contribution in [-0.4, -0.2) is 54.4 Å². The van der Waals surface area contributed by atoms with Gasteiger partial charge < -0.3 is 10.0 Å². The van der Waals surface area contributed by atoms with Gasteiger partial charge in [0.25, 0.3) is 0 Å². The van der Waals surface area contributed by atoms with Gasteiger partial charge in [0.2, 0.25) is 5.91 Å². The zero-order chi connectivity index (χ0) is 12.6. The van der Waals surface area contributed by atoms with E-state index >= 15 is 0 Å². The van der Waals surface area contributed by atoms with Gasteiger partial charge in [-0.25, -0.2) is 13.2 Å². The van der Waals surface area contributed by atoms with E-state index in [1.165, 1.54) is 4.90 Å². The van der Waals surface area contributed by atoms with Crippen molar-refractivity contribution < 1.29 is 23.1 Å². The van der Waals surface area contributed by atoms with Crippen molar-refractivity contribution in [1.82, 2.24) is 4.90 Å². The van der Waals surface area contributed by atoms with Crippen molar-refractivity contribution in [2.24, 2.45) is 5.92 Å². The predicted octanol–water partition coefficient (Wildman–Crippen LogP) is -0.503. The highest BCUT2D eigenvalue weighted by Gasteiger charge is 2.41. The summed E-state index contributed by atoms with van der Waals surface area (Å²) in [5.74, 6) is -1.95. The van der Waals surface area contributed by atoms with E-state index in [9.17, 15) is 18.0 Å². The summed E-state index contributed by atoms with van der Waals surface area (Å²) in [6, 6.07) is -0.772. The average Bonchev–Trinajstić information content (AvgIpc) is 2.82. The largest absolute Gasteiger partial charge is 0.480 e. The number of carbonyl (C=O) groups is 2. The van der Waals surface area contributed by atoms with E-state index in [1.54, 1.807) is 0 Å². The maximum absolute atomic E-state index is 12.0. The van der Waals surface area contributed by atoms with E-state index < -0.39 is 27.8 Å². The molecule has 2 fully saturated rings. The van der Waals surface area contributed by atoms with E-state index in [0.29, 0.717) is 25.8 Å². The zero-order valence-electron chi connectivity index (χ0n) is 9.33. The number of hydrogen-bond acceptors (Lipinski definition) is 4. The van der Waals surface area contributed by atoms with Crippen molar-refractivity contribution in [2.45, 2.75) is 25.3 Å². The molecular formula is C10H15NO5S. The first-order chi connectivity index (χ1) is 7.91. The fourth-order valence-electron chi connectivity index (χ4n) is 2.51. The predicted molar refractivity (Wildman–Crippen MR) is 59.1 cm³/mol. The van der Waals surface area contributed by atoms with Gasteiger partial charge in [-0.05, 0) is 19.3 Å². The van der Waals surface area contributed by atoms with Crippen LogP contribution in [0.25, 0.3) is 0 Å². The van der Waals surface area contributed by atoms with E-state index in [2.05, 4.69) is 0 Å². The van der Waals surface area contributed by atoms with Crippen molar-refractivity contribution in [3.8, 4) is 0 Å². The summed E-state index contributed by atoms with van der Waals surface area (Å²) < 4.78 is 22.6. The molecule has 17 heavy (non-hydrogen) atoms. The van der Waals surface area contributed by atoms with Gasteiger partial charge in [0.15, 0.2) is 9.84 Å². The van der Waals surface area contributed by atoms with Gasteiger partial charge in [-0.1, -0.05) is 0 Å². The second kappa shape index (κ2) is 4.29. The van der Waals surface area contributed by atoms with Crippen molar-refractivity contribution in [3.05, 3.63) is 0 Å². The summed E-state index contributed by atoms with van der Waals surface area (Å²) in [6.07, 6.45) is 1.45. The third-order valence-corrected chi connectivity index (χ3v) is 5.17. The van der Waals surface area contributed by atoms with Gasteiger partial charge in [0, 0.05) is 6.54 Å². The average molecular weight is 261 g/mol. The molecule has 2 heterocycles. The number of carboxylic acid groups (broad SMARTS) is 1. The Labute approximate surface area is 99.5 Å². The summed E-state index contributed by atoms with van der Waals surface area (Å²) in [5.41, 5.74) is 0. The van der Waals surface area contributed by atoms with Crippen molar-refractivity contribution in [3.63, 3.8) is 0 Å². The minimum Gasteiger partial charge on any atom is -0.480 e. The van der Waals surface area contributed by atoms with Crippen LogP contribution in [0.4, 0.5) is 0 Å². The second-order valence-electron chi connectivity index (χ2n) is 4.63. The van der Waals surface area contributed by atoms with E-state index in [1.807, 2.05) is 0 Å². The fourth-order valence-corrected chi connectivity index (χ4v) is 4.24.